The zero-order chi connectivity index (χ0) is 18.2. The van der Waals surface area contributed by atoms with Gasteiger partial charge in [0.15, 0.2) is 5.96 Å². The van der Waals surface area contributed by atoms with Gasteiger partial charge < -0.3 is 15.4 Å². The van der Waals surface area contributed by atoms with E-state index in [1.165, 1.54) is 15.4 Å². The third kappa shape index (κ3) is 4.97. The Balaban J connectivity index is 1.55. The lowest BCUT2D eigenvalue weighted by atomic mass is 9.93. The van der Waals surface area contributed by atoms with E-state index in [1.807, 2.05) is 18.3 Å². The molecule has 0 fully saturated rings. The van der Waals surface area contributed by atoms with Crippen molar-refractivity contribution in [3.8, 4) is 5.75 Å². The molecule has 1 aliphatic heterocycles. The third-order valence-corrected chi connectivity index (χ3v) is 5.68. The maximum atomic E-state index is 5.75. The lowest BCUT2D eigenvalue weighted by molar-refractivity contribution is 0.269. The van der Waals surface area contributed by atoms with Gasteiger partial charge in [0.25, 0.3) is 0 Å². The average Bonchev–Trinajstić information content (AvgIpc) is 3.14. The van der Waals surface area contributed by atoms with E-state index in [0.717, 1.165) is 57.2 Å². The number of fused-ring (bicyclic) bond motifs is 1. The highest BCUT2D eigenvalue weighted by atomic mass is 32.1. The Morgan fingerprint density at radius 1 is 1.31 bits per heavy atom. The number of nitrogens with one attached hydrogen (secondary N) is 2. The van der Waals surface area contributed by atoms with E-state index in [4.69, 9.17) is 9.73 Å². The van der Waals surface area contributed by atoms with E-state index < -0.39 is 0 Å². The lowest BCUT2D eigenvalue weighted by Crippen LogP contribution is -2.38. The quantitative estimate of drug-likeness (QED) is 0.578. The highest BCUT2D eigenvalue weighted by Gasteiger charge is 2.20. The number of thiazole rings is 1. The Hall–Kier alpha value is -2.08. The Labute approximate surface area is 159 Å². The zero-order valence-corrected chi connectivity index (χ0v) is 16.4. The molecule has 6 heteroatoms. The topological polar surface area (TPSA) is 58.5 Å². The monoisotopic (exact) mass is 372 g/mol. The van der Waals surface area contributed by atoms with Crippen LogP contribution < -0.4 is 15.4 Å². The van der Waals surface area contributed by atoms with Gasteiger partial charge in [-0.3, -0.25) is 4.99 Å². The Morgan fingerprint density at radius 3 is 3.00 bits per heavy atom. The number of aliphatic imine (C=N–C) groups is 1. The van der Waals surface area contributed by atoms with Crippen LogP contribution in [-0.4, -0.2) is 37.2 Å². The van der Waals surface area contributed by atoms with Crippen LogP contribution in [0.15, 0.2) is 35.5 Å². The maximum absolute atomic E-state index is 5.75. The van der Waals surface area contributed by atoms with Crippen LogP contribution in [0.5, 0.6) is 5.75 Å². The second kappa shape index (κ2) is 9.57. The number of aryl methyl sites for hydroxylation is 1. The molecule has 140 valence electrons. The van der Waals surface area contributed by atoms with Crippen molar-refractivity contribution in [3.63, 3.8) is 0 Å². The van der Waals surface area contributed by atoms with Crippen molar-refractivity contribution in [2.24, 2.45) is 4.99 Å². The van der Waals surface area contributed by atoms with Crippen molar-refractivity contribution >= 4 is 17.3 Å². The standard InChI is InChI=1S/C20H28N4OS/c1-3-16-14-23-19(26-16)9-11-22-20(21-4-2)24-13-15-10-12-25-18-8-6-5-7-17(15)18/h5-8,14-15H,3-4,9-13H2,1-2H3,(H2,21,22,24). The molecule has 1 atom stereocenters. The average molecular weight is 373 g/mol. The SMILES string of the molecule is CCNC(=NCC1CCOc2ccccc21)NCCc1ncc(CC)s1. The molecule has 0 saturated heterocycles. The maximum Gasteiger partial charge on any atom is 0.191 e. The van der Waals surface area contributed by atoms with E-state index >= 15 is 0 Å². The fourth-order valence-electron chi connectivity index (χ4n) is 3.06. The number of aromatic nitrogens is 1. The van der Waals surface area contributed by atoms with Gasteiger partial charge in [0.2, 0.25) is 0 Å². The molecule has 0 spiro atoms. The molecule has 0 radical (unpaired) electrons. The van der Waals surface area contributed by atoms with Crippen LogP contribution >= 0.6 is 11.3 Å². The van der Waals surface area contributed by atoms with Crippen molar-refractivity contribution in [3.05, 3.63) is 45.9 Å². The van der Waals surface area contributed by atoms with Gasteiger partial charge in [-0.2, -0.15) is 0 Å². The van der Waals surface area contributed by atoms with Gasteiger partial charge in [-0.05, 0) is 31.4 Å². The van der Waals surface area contributed by atoms with Crippen molar-refractivity contribution in [1.29, 1.82) is 0 Å². The number of para-hydroxylation sites is 1. The molecule has 0 aliphatic carbocycles. The Morgan fingerprint density at radius 2 is 2.19 bits per heavy atom. The van der Waals surface area contributed by atoms with Gasteiger partial charge in [0.1, 0.15) is 5.75 Å². The van der Waals surface area contributed by atoms with Crippen LogP contribution in [0.1, 0.15) is 41.6 Å². The number of nitrogens with zero attached hydrogens (tertiary/aromatic N) is 2. The first-order valence-electron chi connectivity index (χ1n) is 9.47. The van der Waals surface area contributed by atoms with Gasteiger partial charge in [0, 0.05) is 43.0 Å². The summed E-state index contributed by atoms with van der Waals surface area (Å²) in [5, 5.41) is 7.96. The van der Waals surface area contributed by atoms with E-state index in [9.17, 15) is 0 Å². The van der Waals surface area contributed by atoms with Gasteiger partial charge in [-0.25, -0.2) is 4.98 Å². The fourth-order valence-corrected chi connectivity index (χ4v) is 3.93. The summed E-state index contributed by atoms with van der Waals surface area (Å²) in [5.41, 5.74) is 1.27. The smallest absolute Gasteiger partial charge is 0.191 e. The summed E-state index contributed by atoms with van der Waals surface area (Å²) in [4.78, 5) is 10.6. The molecule has 5 nitrogen and oxygen atoms in total. The molecule has 0 saturated carbocycles. The van der Waals surface area contributed by atoms with Crippen LogP contribution in [0.2, 0.25) is 0 Å². The second-order valence-electron chi connectivity index (χ2n) is 6.34. The summed E-state index contributed by atoms with van der Waals surface area (Å²) >= 11 is 1.80. The largest absolute Gasteiger partial charge is 0.493 e. The van der Waals surface area contributed by atoms with Gasteiger partial charge in [0.05, 0.1) is 11.6 Å². The molecule has 1 aromatic carbocycles. The molecule has 3 rings (SSSR count). The van der Waals surface area contributed by atoms with E-state index in [1.54, 1.807) is 11.3 Å². The molecule has 0 amide bonds. The van der Waals surface area contributed by atoms with Gasteiger partial charge in [-0.1, -0.05) is 25.1 Å². The van der Waals surface area contributed by atoms with Gasteiger partial charge in [-0.15, -0.1) is 11.3 Å². The van der Waals surface area contributed by atoms with E-state index in [0.29, 0.717) is 5.92 Å². The molecule has 26 heavy (non-hydrogen) atoms. The van der Waals surface area contributed by atoms with Crippen LogP contribution in [-0.2, 0) is 12.8 Å². The molecule has 0 bridgehead atoms. The van der Waals surface area contributed by atoms with Crippen LogP contribution in [0.25, 0.3) is 0 Å². The predicted octanol–water partition coefficient (Wildman–Crippen LogP) is 3.37. The molecule has 2 N–H and O–H groups in total. The predicted molar refractivity (Wildman–Crippen MR) is 108 cm³/mol. The van der Waals surface area contributed by atoms with Crippen molar-refractivity contribution in [1.82, 2.24) is 15.6 Å². The number of guanidine groups is 1. The minimum absolute atomic E-state index is 0.418. The summed E-state index contributed by atoms with van der Waals surface area (Å²) in [6.07, 6.45) is 4.98. The summed E-state index contributed by atoms with van der Waals surface area (Å²) < 4.78 is 5.75. The summed E-state index contributed by atoms with van der Waals surface area (Å²) in [5.74, 6) is 2.30. The minimum Gasteiger partial charge on any atom is -0.493 e. The zero-order valence-electron chi connectivity index (χ0n) is 15.6. The van der Waals surface area contributed by atoms with Gasteiger partial charge >= 0.3 is 0 Å². The highest BCUT2D eigenvalue weighted by Crippen LogP contribution is 2.33. The highest BCUT2D eigenvalue weighted by molar-refractivity contribution is 7.11. The first-order chi connectivity index (χ1) is 12.8. The molecule has 1 aliphatic rings. The fraction of sp³-hybridized carbons (Fsp3) is 0.500. The lowest BCUT2D eigenvalue weighted by Gasteiger charge is -2.25. The summed E-state index contributed by atoms with van der Waals surface area (Å²) in [6, 6.07) is 8.31. The summed E-state index contributed by atoms with van der Waals surface area (Å²) in [7, 11) is 0. The van der Waals surface area contributed by atoms with Crippen molar-refractivity contribution in [2.45, 2.75) is 39.0 Å². The first kappa shape index (κ1) is 18.7. The number of rotatable bonds is 7. The van der Waals surface area contributed by atoms with E-state index in [-0.39, 0.29) is 0 Å². The number of hydrogen-bond donors (Lipinski definition) is 2. The minimum atomic E-state index is 0.418. The Kier molecular flexibility index (Phi) is 6.89. The van der Waals surface area contributed by atoms with Crippen molar-refractivity contribution in [2.75, 3.05) is 26.2 Å². The van der Waals surface area contributed by atoms with Crippen LogP contribution in [0, 0.1) is 0 Å². The second-order valence-corrected chi connectivity index (χ2v) is 7.54. The summed E-state index contributed by atoms with van der Waals surface area (Å²) in [6.45, 7) is 7.49. The molecule has 2 heterocycles. The molecule has 1 aromatic heterocycles. The van der Waals surface area contributed by atoms with Crippen LogP contribution in [0.3, 0.4) is 0 Å². The molecule has 1 unspecified atom stereocenters. The van der Waals surface area contributed by atoms with Crippen molar-refractivity contribution < 1.29 is 4.74 Å². The third-order valence-electron chi connectivity index (χ3n) is 4.48. The molecular weight excluding hydrogens is 344 g/mol. The number of benzene rings is 1. The first-order valence-corrected chi connectivity index (χ1v) is 10.3. The Bertz CT molecular complexity index is 728. The number of ether oxygens (including phenoxy) is 1. The normalized spacial score (nSPS) is 16.7. The molecule has 2 aromatic rings. The van der Waals surface area contributed by atoms with Crippen LogP contribution in [0.4, 0.5) is 0 Å². The molecular formula is C20H28N4OS. The number of hydrogen-bond acceptors (Lipinski definition) is 4. The van der Waals surface area contributed by atoms with E-state index in [2.05, 4.69) is 41.6 Å².